The number of para-hydroxylation sites is 1. The maximum Gasteiger partial charge on any atom is 0.320 e. The zero-order valence-corrected chi connectivity index (χ0v) is 14.9. The first-order valence-corrected chi connectivity index (χ1v) is 8.84. The smallest absolute Gasteiger partial charge is 0.320 e. The first kappa shape index (κ1) is 17.4. The predicted molar refractivity (Wildman–Crippen MR) is 108 cm³/mol. The van der Waals surface area contributed by atoms with Gasteiger partial charge in [-0.25, -0.2) is 4.79 Å². The Bertz CT molecular complexity index is 1130. The van der Waals surface area contributed by atoms with Gasteiger partial charge in [-0.1, -0.05) is 54.6 Å². The molecule has 0 aliphatic rings. The molecule has 5 heteroatoms. The number of carbonyl (C=O) groups excluding carboxylic acids is 1. The molecule has 2 N–H and O–H groups in total. The van der Waals surface area contributed by atoms with Crippen LogP contribution in [0.1, 0.15) is 22.9 Å². The number of fused-ring (bicyclic) bond motifs is 1. The third kappa shape index (κ3) is 3.71. The fourth-order valence-corrected chi connectivity index (χ4v) is 3.07. The van der Waals surface area contributed by atoms with Gasteiger partial charge < -0.3 is 15.1 Å². The second kappa shape index (κ2) is 7.68. The molecule has 4 aromatic rings. The van der Waals surface area contributed by atoms with Crippen molar-refractivity contribution < 1.29 is 9.21 Å². The summed E-state index contributed by atoms with van der Waals surface area (Å²) in [7, 11) is 0. The normalized spacial score (nSPS) is 11.5. The molecule has 5 nitrogen and oxygen atoms in total. The van der Waals surface area contributed by atoms with Crippen molar-refractivity contribution in [2.45, 2.75) is 6.04 Å². The highest BCUT2D eigenvalue weighted by Gasteiger charge is 2.21. The summed E-state index contributed by atoms with van der Waals surface area (Å²) >= 11 is 0. The van der Waals surface area contributed by atoms with Crippen LogP contribution in [0.25, 0.3) is 11.0 Å². The van der Waals surface area contributed by atoms with Crippen LogP contribution in [0.5, 0.6) is 0 Å². The van der Waals surface area contributed by atoms with Gasteiger partial charge in [-0.2, -0.15) is 5.26 Å². The number of carbonyl (C=O) groups is 1. The van der Waals surface area contributed by atoms with E-state index in [-0.39, 0.29) is 6.03 Å². The maximum atomic E-state index is 12.6. The molecule has 2 amide bonds. The lowest BCUT2D eigenvalue weighted by Crippen LogP contribution is -2.33. The summed E-state index contributed by atoms with van der Waals surface area (Å²) in [4.78, 5) is 12.6. The summed E-state index contributed by atoms with van der Waals surface area (Å²) in [6.07, 6.45) is 0. The van der Waals surface area contributed by atoms with Crippen LogP contribution in [-0.2, 0) is 0 Å². The number of nitriles is 1. The SMILES string of the molecule is N#Cc1cccc(NC(=O)NC(c2ccccc2)c2cc3ccccc3o2)c1. The van der Waals surface area contributed by atoms with E-state index >= 15 is 0 Å². The second-order valence-corrected chi connectivity index (χ2v) is 6.32. The lowest BCUT2D eigenvalue weighted by atomic mass is 10.0. The van der Waals surface area contributed by atoms with Crippen LogP contribution in [0.3, 0.4) is 0 Å². The highest BCUT2D eigenvalue weighted by Crippen LogP contribution is 2.28. The third-order valence-corrected chi connectivity index (χ3v) is 4.39. The molecule has 1 heterocycles. The lowest BCUT2D eigenvalue weighted by Gasteiger charge is -2.17. The summed E-state index contributed by atoms with van der Waals surface area (Å²) in [5.74, 6) is 0.647. The van der Waals surface area contributed by atoms with Crippen LogP contribution in [0.2, 0.25) is 0 Å². The largest absolute Gasteiger partial charge is 0.459 e. The van der Waals surface area contributed by atoms with Gasteiger partial charge in [0, 0.05) is 11.1 Å². The highest BCUT2D eigenvalue weighted by atomic mass is 16.3. The van der Waals surface area contributed by atoms with E-state index in [1.807, 2.05) is 60.7 Å². The number of amides is 2. The Morgan fingerprint density at radius 1 is 0.929 bits per heavy atom. The number of nitrogens with zero attached hydrogens (tertiary/aromatic N) is 1. The zero-order chi connectivity index (χ0) is 19.3. The van der Waals surface area contributed by atoms with Crippen LogP contribution < -0.4 is 10.6 Å². The first-order valence-electron chi connectivity index (χ1n) is 8.84. The van der Waals surface area contributed by atoms with Gasteiger partial charge in [0.2, 0.25) is 0 Å². The van der Waals surface area contributed by atoms with E-state index < -0.39 is 6.04 Å². The highest BCUT2D eigenvalue weighted by molar-refractivity contribution is 5.90. The molecule has 0 bridgehead atoms. The van der Waals surface area contributed by atoms with Crippen LogP contribution in [0.4, 0.5) is 10.5 Å². The number of nitrogens with one attached hydrogen (secondary N) is 2. The molecule has 0 spiro atoms. The topological polar surface area (TPSA) is 78.1 Å². The molecule has 28 heavy (non-hydrogen) atoms. The van der Waals surface area contributed by atoms with E-state index in [2.05, 4.69) is 16.7 Å². The molecule has 0 radical (unpaired) electrons. The molecule has 1 atom stereocenters. The van der Waals surface area contributed by atoms with Crippen LogP contribution in [0.15, 0.2) is 89.3 Å². The third-order valence-electron chi connectivity index (χ3n) is 4.39. The number of benzene rings is 3. The minimum absolute atomic E-state index is 0.385. The molecule has 0 saturated carbocycles. The standard InChI is InChI=1S/C23H17N3O2/c24-15-16-7-6-11-19(13-16)25-23(27)26-22(17-8-2-1-3-9-17)21-14-18-10-4-5-12-20(18)28-21/h1-14,22H,(H2,25,26,27). The van der Waals surface area contributed by atoms with Crippen LogP contribution >= 0.6 is 0 Å². The summed E-state index contributed by atoms with van der Waals surface area (Å²) in [6.45, 7) is 0. The van der Waals surface area contributed by atoms with Crippen molar-refractivity contribution in [2.75, 3.05) is 5.32 Å². The fourth-order valence-electron chi connectivity index (χ4n) is 3.07. The van der Waals surface area contributed by atoms with Crippen LogP contribution in [0, 0.1) is 11.3 Å². The van der Waals surface area contributed by atoms with Gasteiger partial charge in [0.25, 0.3) is 0 Å². The number of urea groups is 1. The quantitative estimate of drug-likeness (QED) is 0.519. The van der Waals surface area contributed by atoms with Crippen molar-refractivity contribution >= 4 is 22.7 Å². The van der Waals surface area contributed by atoms with E-state index in [9.17, 15) is 4.79 Å². The minimum Gasteiger partial charge on any atom is -0.459 e. The van der Waals surface area contributed by atoms with Gasteiger partial charge in [-0.15, -0.1) is 0 Å². The molecular weight excluding hydrogens is 350 g/mol. The molecule has 0 saturated heterocycles. The molecule has 0 aliphatic carbocycles. The van der Waals surface area contributed by atoms with Gasteiger partial charge in [0.1, 0.15) is 17.4 Å². The first-order chi connectivity index (χ1) is 13.7. The van der Waals surface area contributed by atoms with Crippen LogP contribution in [-0.4, -0.2) is 6.03 Å². The Hall–Kier alpha value is -4.04. The molecular formula is C23H17N3O2. The second-order valence-electron chi connectivity index (χ2n) is 6.32. The number of hydrogen-bond donors (Lipinski definition) is 2. The van der Waals surface area contributed by atoms with Crippen molar-refractivity contribution in [1.29, 1.82) is 5.26 Å². The van der Waals surface area contributed by atoms with Gasteiger partial charge in [0.05, 0.1) is 11.6 Å². The average molecular weight is 367 g/mol. The number of furan rings is 1. The molecule has 136 valence electrons. The lowest BCUT2D eigenvalue weighted by molar-refractivity contribution is 0.249. The molecule has 3 aromatic carbocycles. The summed E-state index contributed by atoms with van der Waals surface area (Å²) in [6, 6.07) is 27.3. The molecule has 0 fully saturated rings. The number of hydrogen-bond acceptors (Lipinski definition) is 3. The molecule has 0 aliphatic heterocycles. The Morgan fingerprint density at radius 3 is 2.50 bits per heavy atom. The Kier molecular flexibility index (Phi) is 4.77. The van der Waals surface area contributed by atoms with Gasteiger partial charge in [-0.05, 0) is 35.9 Å². The van der Waals surface area contributed by atoms with E-state index in [1.165, 1.54) is 0 Å². The number of anilines is 1. The van der Waals surface area contributed by atoms with Crippen molar-refractivity contribution in [1.82, 2.24) is 5.32 Å². The van der Waals surface area contributed by atoms with Crippen molar-refractivity contribution in [3.8, 4) is 6.07 Å². The number of rotatable bonds is 4. The molecule has 1 aromatic heterocycles. The summed E-state index contributed by atoms with van der Waals surface area (Å²) in [5, 5.41) is 15.7. The van der Waals surface area contributed by atoms with Crippen molar-refractivity contribution in [3.63, 3.8) is 0 Å². The molecule has 4 rings (SSSR count). The minimum atomic E-state index is -0.451. The van der Waals surface area contributed by atoms with E-state index in [0.717, 1.165) is 16.5 Å². The summed E-state index contributed by atoms with van der Waals surface area (Å²) < 4.78 is 5.99. The van der Waals surface area contributed by atoms with Crippen molar-refractivity contribution in [3.05, 3.63) is 102 Å². The van der Waals surface area contributed by atoms with E-state index in [1.54, 1.807) is 24.3 Å². The van der Waals surface area contributed by atoms with E-state index in [4.69, 9.17) is 9.68 Å². The Morgan fingerprint density at radius 2 is 1.71 bits per heavy atom. The van der Waals surface area contributed by atoms with Gasteiger partial charge in [-0.3, -0.25) is 0 Å². The van der Waals surface area contributed by atoms with E-state index in [0.29, 0.717) is 17.0 Å². The Labute approximate surface area is 162 Å². The summed E-state index contributed by atoms with van der Waals surface area (Å²) in [5.41, 5.74) is 2.70. The fraction of sp³-hybridized carbons (Fsp3) is 0.0435. The monoisotopic (exact) mass is 367 g/mol. The molecule has 1 unspecified atom stereocenters. The average Bonchev–Trinajstić information content (AvgIpc) is 3.16. The van der Waals surface area contributed by atoms with Gasteiger partial charge >= 0.3 is 6.03 Å². The zero-order valence-electron chi connectivity index (χ0n) is 14.9. The predicted octanol–water partition coefficient (Wildman–Crippen LogP) is 5.22. The van der Waals surface area contributed by atoms with Crippen molar-refractivity contribution in [2.24, 2.45) is 0 Å². The van der Waals surface area contributed by atoms with Gasteiger partial charge in [0.15, 0.2) is 0 Å². The maximum absolute atomic E-state index is 12.6. The Balaban J connectivity index is 1.62.